The zero-order valence-electron chi connectivity index (χ0n) is 9.61. The van der Waals surface area contributed by atoms with E-state index < -0.39 is 0 Å². The van der Waals surface area contributed by atoms with Crippen molar-refractivity contribution in [3.8, 4) is 0 Å². The van der Waals surface area contributed by atoms with E-state index in [2.05, 4.69) is 9.59 Å². The highest BCUT2D eigenvalue weighted by molar-refractivity contribution is 7.08. The van der Waals surface area contributed by atoms with Gasteiger partial charge in [-0.05, 0) is 36.2 Å². The normalized spacial score (nSPS) is 10.6. The van der Waals surface area contributed by atoms with Gasteiger partial charge in [-0.1, -0.05) is 41.0 Å². The molecule has 0 aliphatic heterocycles. The van der Waals surface area contributed by atoms with Gasteiger partial charge in [-0.25, -0.2) is 0 Å². The van der Waals surface area contributed by atoms with Crippen LogP contribution in [0.1, 0.15) is 34.3 Å². The molecule has 1 aromatic heterocycles. The molecule has 0 aliphatic rings. The summed E-state index contributed by atoms with van der Waals surface area (Å²) in [4.78, 5) is 12.9. The highest BCUT2D eigenvalue weighted by Gasteiger charge is 2.18. The molecule has 2 rings (SSSR count). The maximum Gasteiger partial charge on any atom is 0.206 e. The molecular weight excluding hydrogens is 291 g/mol. The van der Waals surface area contributed by atoms with Gasteiger partial charge in [0.2, 0.25) is 5.78 Å². The Bertz CT molecular complexity index is 583. The zero-order chi connectivity index (χ0) is 13.1. The number of halogens is 2. The number of hydrogen-bond acceptors (Lipinski definition) is 4. The number of ketones is 1. The van der Waals surface area contributed by atoms with Crippen LogP contribution in [0.25, 0.3) is 0 Å². The summed E-state index contributed by atoms with van der Waals surface area (Å²) < 4.78 is 3.84. The van der Waals surface area contributed by atoms with Crippen LogP contribution in [0.3, 0.4) is 0 Å². The predicted molar refractivity (Wildman–Crippen MR) is 73.8 cm³/mol. The molecule has 0 N–H and O–H groups in total. The van der Waals surface area contributed by atoms with Crippen molar-refractivity contribution in [2.45, 2.75) is 19.8 Å². The Labute approximate surface area is 119 Å². The maximum absolute atomic E-state index is 12.3. The van der Waals surface area contributed by atoms with Gasteiger partial charge in [0.15, 0.2) is 0 Å². The van der Waals surface area contributed by atoms with E-state index in [0.29, 0.717) is 20.5 Å². The first-order chi connectivity index (χ1) is 8.63. The number of rotatable bonds is 4. The van der Waals surface area contributed by atoms with Crippen molar-refractivity contribution in [3.05, 3.63) is 44.4 Å². The van der Waals surface area contributed by atoms with Crippen molar-refractivity contribution in [2.75, 3.05) is 0 Å². The lowest BCUT2D eigenvalue weighted by Gasteiger charge is -2.02. The van der Waals surface area contributed by atoms with Crippen molar-refractivity contribution >= 4 is 40.5 Å². The summed E-state index contributed by atoms with van der Waals surface area (Å²) in [6.45, 7) is 2.03. The van der Waals surface area contributed by atoms with Crippen molar-refractivity contribution in [3.63, 3.8) is 0 Å². The van der Waals surface area contributed by atoms with Gasteiger partial charge in [-0.15, -0.1) is 5.10 Å². The lowest BCUT2D eigenvalue weighted by atomic mass is 10.1. The van der Waals surface area contributed by atoms with Crippen LogP contribution in [-0.4, -0.2) is 15.4 Å². The average molecular weight is 301 g/mol. The van der Waals surface area contributed by atoms with Crippen LogP contribution in [0.2, 0.25) is 10.0 Å². The number of hydrogen-bond donors (Lipinski definition) is 0. The molecule has 1 heterocycles. The van der Waals surface area contributed by atoms with E-state index in [1.807, 2.05) is 6.92 Å². The minimum atomic E-state index is -0.105. The lowest BCUT2D eigenvalue weighted by molar-refractivity contribution is 0.104. The van der Waals surface area contributed by atoms with Crippen LogP contribution in [0, 0.1) is 0 Å². The molecule has 18 heavy (non-hydrogen) atoms. The molecule has 94 valence electrons. The van der Waals surface area contributed by atoms with Crippen molar-refractivity contribution in [1.29, 1.82) is 0 Å². The van der Waals surface area contributed by atoms with Crippen molar-refractivity contribution in [2.24, 2.45) is 0 Å². The molecular formula is C12H10Cl2N2OS. The number of carbonyl (C=O) groups excluding carboxylic acids is 1. The summed E-state index contributed by atoms with van der Waals surface area (Å²) >= 11 is 12.8. The van der Waals surface area contributed by atoms with Gasteiger partial charge in [0.25, 0.3) is 0 Å². The number of carbonyl (C=O) groups is 1. The highest BCUT2D eigenvalue weighted by atomic mass is 35.5. The average Bonchev–Trinajstić information content (AvgIpc) is 2.80. The molecule has 0 unspecified atom stereocenters. The molecule has 3 nitrogen and oxygen atoms in total. The number of nitrogens with zero attached hydrogens (tertiary/aromatic N) is 2. The van der Waals surface area contributed by atoms with Crippen molar-refractivity contribution < 1.29 is 4.79 Å². The van der Waals surface area contributed by atoms with E-state index >= 15 is 0 Å². The molecule has 0 aliphatic carbocycles. The van der Waals surface area contributed by atoms with Gasteiger partial charge >= 0.3 is 0 Å². The number of benzene rings is 1. The molecule has 0 spiro atoms. The summed E-state index contributed by atoms with van der Waals surface area (Å²) in [5.74, 6) is -0.105. The van der Waals surface area contributed by atoms with Gasteiger partial charge in [0.05, 0.1) is 15.7 Å². The molecule has 0 atom stereocenters. The summed E-state index contributed by atoms with van der Waals surface area (Å²) in [6.07, 6.45) is 1.67. The van der Waals surface area contributed by atoms with E-state index in [-0.39, 0.29) is 5.78 Å². The third kappa shape index (κ3) is 2.71. The summed E-state index contributed by atoms with van der Waals surface area (Å²) in [5.41, 5.74) is 1.26. The molecule has 6 heteroatoms. The van der Waals surface area contributed by atoms with Crippen LogP contribution in [0.5, 0.6) is 0 Å². The van der Waals surface area contributed by atoms with E-state index in [1.165, 1.54) is 0 Å². The van der Waals surface area contributed by atoms with Crippen LogP contribution >= 0.6 is 34.7 Å². The van der Waals surface area contributed by atoms with Gasteiger partial charge in [-0.2, -0.15) is 0 Å². The molecule has 0 saturated carbocycles. The van der Waals surface area contributed by atoms with Crippen LogP contribution in [0.15, 0.2) is 18.2 Å². The van der Waals surface area contributed by atoms with E-state index in [4.69, 9.17) is 23.2 Å². The van der Waals surface area contributed by atoms with Crippen LogP contribution in [-0.2, 0) is 6.42 Å². The first-order valence-electron chi connectivity index (χ1n) is 5.44. The second-order valence-electron chi connectivity index (χ2n) is 3.76. The topological polar surface area (TPSA) is 42.9 Å². The minimum Gasteiger partial charge on any atom is -0.288 e. The highest BCUT2D eigenvalue weighted by Crippen LogP contribution is 2.25. The molecule has 1 aromatic carbocycles. The maximum atomic E-state index is 12.3. The number of aromatic nitrogens is 2. The third-order valence-corrected chi connectivity index (χ3v) is 3.94. The Hall–Kier alpha value is -0.970. The molecule has 0 bridgehead atoms. The van der Waals surface area contributed by atoms with E-state index in [9.17, 15) is 4.79 Å². The smallest absolute Gasteiger partial charge is 0.206 e. The molecule has 0 saturated heterocycles. The number of aryl methyl sites for hydroxylation is 1. The van der Waals surface area contributed by atoms with Crippen LogP contribution < -0.4 is 0 Å². The SMILES string of the molecule is CCCc1nnsc1C(=O)c1ccc(Cl)c(Cl)c1. The standard InChI is InChI=1S/C12H10Cl2N2OS/c1-2-3-10-12(18-16-15-10)11(17)7-4-5-8(13)9(14)6-7/h4-6H,2-3H2,1H3. The van der Waals surface area contributed by atoms with Gasteiger partial charge in [0.1, 0.15) is 4.88 Å². The fourth-order valence-corrected chi connectivity index (χ4v) is 2.52. The Balaban J connectivity index is 2.35. The summed E-state index contributed by atoms with van der Waals surface area (Å²) in [6, 6.07) is 4.85. The first-order valence-corrected chi connectivity index (χ1v) is 6.97. The quantitative estimate of drug-likeness (QED) is 0.801. The predicted octanol–water partition coefficient (Wildman–Crippen LogP) is 4.03. The molecule has 0 radical (unpaired) electrons. The zero-order valence-corrected chi connectivity index (χ0v) is 11.9. The largest absolute Gasteiger partial charge is 0.288 e. The third-order valence-electron chi connectivity index (χ3n) is 2.43. The monoisotopic (exact) mass is 300 g/mol. The first kappa shape index (κ1) is 13.5. The van der Waals surface area contributed by atoms with Gasteiger partial charge in [-0.3, -0.25) is 4.79 Å². The van der Waals surface area contributed by atoms with Crippen LogP contribution in [0.4, 0.5) is 0 Å². The Morgan fingerprint density at radius 2 is 2.11 bits per heavy atom. The molecule has 2 aromatic rings. The molecule has 0 amide bonds. The summed E-state index contributed by atoms with van der Waals surface area (Å²) in [7, 11) is 0. The van der Waals surface area contributed by atoms with Gasteiger partial charge < -0.3 is 0 Å². The van der Waals surface area contributed by atoms with Crippen molar-refractivity contribution in [1.82, 2.24) is 9.59 Å². The van der Waals surface area contributed by atoms with Gasteiger partial charge in [0, 0.05) is 5.56 Å². The summed E-state index contributed by atoms with van der Waals surface area (Å²) in [5, 5.41) is 4.79. The fourth-order valence-electron chi connectivity index (χ4n) is 1.55. The second-order valence-corrected chi connectivity index (χ2v) is 5.33. The lowest BCUT2D eigenvalue weighted by Crippen LogP contribution is -2.03. The van der Waals surface area contributed by atoms with E-state index in [1.54, 1.807) is 18.2 Å². The Kier molecular flexibility index (Phi) is 4.32. The van der Waals surface area contributed by atoms with E-state index in [0.717, 1.165) is 30.1 Å². The minimum absolute atomic E-state index is 0.105. The molecule has 0 fully saturated rings. The second kappa shape index (κ2) is 5.78. The Morgan fingerprint density at radius 3 is 2.78 bits per heavy atom. The Morgan fingerprint density at radius 1 is 1.33 bits per heavy atom. The fraction of sp³-hybridized carbons (Fsp3) is 0.250.